The van der Waals surface area contributed by atoms with Crippen molar-refractivity contribution in [3.05, 3.63) is 28.8 Å². The van der Waals surface area contributed by atoms with Gasteiger partial charge in [-0.15, -0.1) is 0 Å². The van der Waals surface area contributed by atoms with Gasteiger partial charge in [0.1, 0.15) is 5.75 Å². The third-order valence-electron chi connectivity index (χ3n) is 2.61. The van der Waals surface area contributed by atoms with Crippen LogP contribution in [0.4, 0.5) is 0 Å². The Balaban J connectivity index is 2.52. The minimum Gasteiger partial charge on any atom is -0.496 e. The monoisotopic (exact) mass is 287 g/mol. The summed E-state index contributed by atoms with van der Waals surface area (Å²) in [6, 6.07) is 5.61. The second-order valence-electron chi connectivity index (χ2n) is 3.89. The second kappa shape index (κ2) is 9.15. The summed E-state index contributed by atoms with van der Waals surface area (Å²) in [5.41, 5.74) is 0.943. The maximum Gasteiger partial charge on any atom is 0.169 e. The predicted octanol–water partition coefficient (Wildman–Crippen LogP) is 2.84. The molecule has 108 valence electrons. The highest BCUT2D eigenvalue weighted by Crippen LogP contribution is 2.25. The molecule has 0 aliphatic heterocycles. The molecule has 1 aromatic rings. The third kappa shape index (κ3) is 5.37. The van der Waals surface area contributed by atoms with Gasteiger partial charge in [0.2, 0.25) is 0 Å². The molecule has 1 N–H and O–H groups in total. The molecule has 0 saturated heterocycles. The number of halogens is 1. The summed E-state index contributed by atoms with van der Waals surface area (Å²) in [5, 5.41) is 3.96. The molecule has 0 heterocycles. The maximum absolute atomic E-state index is 6.16. The van der Waals surface area contributed by atoms with Gasteiger partial charge in [0.05, 0.1) is 7.11 Å². The van der Waals surface area contributed by atoms with Crippen LogP contribution in [0, 0.1) is 0 Å². The SMILES string of the molecule is CCOC(CNCc1c(Cl)cccc1OC)OCC. The van der Waals surface area contributed by atoms with Gasteiger partial charge in [-0.25, -0.2) is 0 Å². The fourth-order valence-corrected chi connectivity index (χ4v) is 1.99. The molecule has 0 aliphatic rings. The average molecular weight is 288 g/mol. The molecule has 0 aliphatic carbocycles. The summed E-state index contributed by atoms with van der Waals surface area (Å²) < 4.78 is 16.2. The van der Waals surface area contributed by atoms with Crippen molar-refractivity contribution in [3.8, 4) is 5.75 Å². The van der Waals surface area contributed by atoms with E-state index in [2.05, 4.69) is 5.32 Å². The lowest BCUT2D eigenvalue weighted by Crippen LogP contribution is -2.31. The first-order chi connectivity index (χ1) is 9.22. The highest BCUT2D eigenvalue weighted by molar-refractivity contribution is 6.31. The zero-order chi connectivity index (χ0) is 14.1. The molecular weight excluding hydrogens is 266 g/mol. The molecule has 0 unspecified atom stereocenters. The van der Waals surface area contributed by atoms with E-state index in [-0.39, 0.29) is 6.29 Å². The molecule has 0 atom stereocenters. The average Bonchev–Trinajstić information content (AvgIpc) is 2.41. The fraction of sp³-hybridized carbons (Fsp3) is 0.571. The molecule has 0 bridgehead atoms. The highest BCUT2D eigenvalue weighted by atomic mass is 35.5. The number of hydrogen-bond donors (Lipinski definition) is 1. The van der Waals surface area contributed by atoms with E-state index < -0.39 is 0 Å². The van der Waals surface area contributed by atoms with Gasteiger partial charge in [0.15, 0.2) is 6.29 Å². The molecule has 0 aromatic heterocycles. The highest BCUT2D eigenvalue weighted by Gasteiger charge is 2.10. The van der Waals surface area contributed by atoms with E-state index in [1.807, 2.05) is 32.0 Å². The number of hydrogen-bond acceptors (Lipinski definition) is 4. The standard InChI is InChI=1S/C14H22ClNO3/c1-4-18-14(19-5-2)10-16-9-11-12(15)7-6-8-13(11)17-3/h6-8,14,16H,4-5,9-10H2,1-3H3. The quantitative estimate of drug-likeness (QED) is 0.709. The van der Waals surface area contributed by atoms with E-state index in [9.17, 15) is 0 Å². The summed E-state index contributed by atoms with van der Waals surface area (Å²) in [7, 11) is 1.64. The first-order valence-electron chi connectivity index (χ1n) is 6.48. The molecule has 1 rings (SSSR count). The summed E-state index contributed by atoms with van der Waals surface area (Å²) in [5.74, 6) is 0.782. The topological polar surface area (TPSA) is 39.7 Å². The molecule has 0 radical (unpaired) electrons. The third-order valence-corrected chi connectivity index (χ3v) is 2.97. The van der Waals surface area contributed by atoms with Gasteiger partial charge in [0, 0.05) is 36.9 Å². The molecule has 0 spiro atoms. The van der Waals surface area contributed by atoms with Gasteiger partial charge in [-0.2, -0.15) is 0 Å². The lowest BCUT2D eigenvalue weighted by Gasteiger charge is -2.18. The molecule has 1 aromatic carbocycles. The van der Waals surface area contributed by atoms with Crippen LogP contribution in [0.15, 0.2) is 18.2 Å². The van der Waals surface area contributed by atoms with Crippen molar-refractivity contribution in [1.82, 2.24) is 5.32 Å². The van der Waals surface area contributed by atoms with E-state index in [0.29, 0.717) is 31.3 Å². The number of ether oxygens (including phenoxy) is 3. The molecular formula is C14H22ClNO3. The van der Waals surface area contributed by atoms with Crippen LogP contribution in [-0.4, -0.2) is 33.2 Å². The molecule has 4 nitrogen and oxygen atoms in total. The van der Waals surface area contributed by atoms with Gasteiger partial charge >= 0.3 is 0 Å². The van der Waals surface area contributed by atoms with Crippen molar-refractivity contribution < 1.29 is 14.2 Å². The van der Waals surface area contributed by atoms with Crippen molar-refractivity contribution >= 4 is 11.6 Å². The summed E-state index contributed by atoms with van der Waals surface area (Å²) in [4.78, 5) is 0. The molecule has 0 fully saturated rings. The van der Waals surface area contributed by atoms with E-state index in [1.165, 1.54) is 0 Å². The van der Waals surface area contributed by atoms with Crippen LogP contribution in [0.25, 0.3) is 0 Å². The Labute approximate surface area is 120 Å². The number of rotatable bonds is 9. The van der Waals surface area contributed by atoms with Crippen molar-refractivity contribution in [2.24, 2.45) is 0 Å². The fourth-order valence-electron chi connectivity index (χ4n) is 1.75. The van der Waals surface area contributed by atoms with Crippen LogP contribution in [0.1, 0.15) is 19.4 Å². The van der Waals surface area contributed by atoms with Crippen molar-refractivity contribution in [2.75, 3.05) is 26.9 Å². The Morgan fingerprint density at radius 2 is 1.89 bits per heavy atom. The Hall–Kier alpha value is -0.810. The zero-order valence-electron chi connectivity index (χ0n) is 11.7. The number of nitrogens with one attached hydrogen (secondary N) is 1. The van der Waals surface area contributed by atoms with Crippen molar-refractivity contribution in [1.29, 1.82) is 0 Å². The Morgan fingerprint density at radius 1 is 1.21 bits per heavy atom. The van der Waals surface area contributed by atoms with Crippen LogP contribution in [0.5, 0.6) is 5.75 Å². The van der Waals surface area contributed by atoms with E-state index in [1.54, 1.807) is 7.11 Å². The van der Waals surface area contributed by atoms with Gasteiger partial charge in [-0.3, -0.25) is 0 Å². The normalized spacial score (nSPS) is 11.0. The molecule has 0 amide bonds. The number of benzene rings is 1. The van der Waals surface area contributed by atoms with Crippen LogP contribution in [0.3, 0.4) is 0 Å². The summed E-state index contributed by atoms with van der Waals surface area (Å²) >= 11 is 6.16. The largest absolute Gasteiger partial charge is 0.496 e. The van der Waals surface area contributed by atoms with E-state index >= 15 is 0 Å². The van der Waals surface area contributed by atoms with Gasteiger partial charge in [0.25, 0.3) is 0 Å². The van der Waals surface area contributed by atoms with Crippen LogP contribution < -0.4 is 10.1 Å². The van der Waals surface area contributed by atoms with Crippen molar-refractivity contribution in [2.45, 2.75) is 26.7 Å². The molecule has 19 heavy (non-hydrogen) atoms. The summed E-state index contributed by atoms with van der Waals surface area (Å²) in [6.07, 6.45) is -0.233. The Morgan fingerprint density at radius 3 is 2.47 bits per heavy atom. The summed E-state index contributed by atoms with van der Waals surface area (Å²) in [6.45, 7) is 6.37. The van der Waals surface area contributed by atoms with Gasteiger partial charge < -0.3 is 19.5 Å². The van der Waals surface area contributed by atoms with Gasteiger partial charge in [-0.1, -0.05) is 17.7 Å². The zero-order valence-corrected chi connectivity index (χ0v) is 12.5. The van der Waals surface area contributed by atoms with E-state index in [0.717, 1.165) is 11.3 Å². The minimum absolute atomic E-state index is 0.233. The lowest BCUT2D eigenvalue weighted by atomic mass is 10.2. The van der Waals surface area contributed by atoms with Crippen LogP contribution in [0.2, 0.25) is 5.02 Å². The predicted molar refractivity (Wildman–Crippen MR) is 76.8 cm³/mol. The van der Waals surface area contributed by atoms with E-state index in [4.69, 9.17) is 25.8 Å². The smallest absolute Gasteiger partial charge is 0.169 e. The molecule has 0 saturated carbocycles. The first-order valence-corrected chi connectivity index (χ1v) is 6.86. The maximum atomic E-state index is 6.16. The van der Waals surface area contributed by atoms with Crippen LogP contribution in [-0.2, 0) is 16.0 Å². The number of methoxy groups -OCH3 is 1. The Bertz CT molecular complexity index is 368. The van der Waals surface area contributed by atoms with Crippen LogP contribution >= 0.6 is 11.6 Å². The van der Waals surface area contributed by atoms with Crippen molar-refractivity contribution in [3.63, 3.8) is 0 Å². The van der Waals surface area contributed by atoms with Gasteiger partial charge in [-0.05, 0) is 26.0 Å². The Kier molecular flexibility index (Phi) is 7.82. The second-order valence-corrected chi connectivity index (χ2v) is 4.30. The minimum atomic E-state index is -0.233. The lowest BCUT2D eigenvalue weighted by molar-refractivity contribution is -0.133. The first kappa shape index (κ1) is 16.2. The molecule has 5 heteroatoms.